The number of ether oxygens (including phenoxy) is 1. The molecule has 0 radical (unpaired) electrons. The molecule has 2 aliphatic heterocycles. The van der Waals surface area contributed by atoms with Gasteiger partial charge in [-0.15, -0.1) is 0 Å². The van der Waals surface area contributed by atoms with E-state index in [9.17, 15) is 0 Å². The van der Waals surface area contributed by atoms with Crippen molar-refractivity contribution in [1.82, 2.24) is 4.57 Å². The maximum absolute atomic E-state index is 6.97. The van der Waals surface area contributed by atoms with E-state index >= 15 is 0 Å². The second-order valence-corrected chi connectivity index (χ2v) is 15.3. The number of aromatic nitrogens is 1. The summed E-state index contributed by atoms with van der Waals surface area (Å²) in [6.07, 6.45) is 16.8. The molecule has 2 aliphatic carbocycles. The maximum atomic E-state index is 6.97. The highest BCUT2D eigenvalue weighted by Gasteiger charge is 2.37. The molecule has 6 aromatic carbocycles. The first kappa shape index (κ1) is 32.8. The lowest BCUT2D eigenvalue weighted by molar-refractivity contribution is 0.426. The number of amidine groups is 1. The minimum atomic E-state index is -0.00665. The van der Waals surface area contributed by atoms with Crippen LogP contribution in [0.1, 0.15) is 35.4 Å². The Hall–Kier alpha value is -7.46. The summed E-state index contributed by atoms with van der Waals surface area (Å²) >= 11 is 0. The molecule has 0 saturated heterocycles. The van der Waals surface area contributed by atoms with Crippen LogP contribution in [0.4, 0.5) is 0 Å². The second-order valence-electron chi connectivity index (χ2n) is 15.3. The van der Waals surface area contributed by atoms with Gasteiger partial charge in [0, 0.05) is 44.7 Å². The zero-order valence-electron chi connectivity index (χ0n) is 31.5. The molecule has 2 unspecified atom stereocenters. The van der Waals surface area contributed by atoms with Crippen molar-refractivity contribution in [2.75, 3.05) is 0 Å². The van der Waals surface area contributed by atoms with Gasteiger partial charge in [-0.3, -0.25) is 0 Å². The Morgan fingerprint density at radius 3 is 2.36 bits per heavy atom. The van der Waals surface area contributed by atoms with Crippen molar-refractivity contribution < 1.29 is 9.15 Å². The van der Waals surface area contributed by atoms with Gasteiger partial charge in [0.25, 0.3) is 0 Å². The molecule has 4 heterocycles. The van der Waals surface area contributed by atoms with Crippen LogP contribution in [0.25, 0.3) is 66.3 Å². The topological polar surface area (TPSA) is 52.0 Å². The second kappa shape index (κ2) is 13.1. The van der Waals surface area contributed by atoms with E-state index in [-0.39, 0.29) is 11.8 Å². The molecule has 0 amide bonds. The highest BCUT2D eigenvalue weighted by Crippen LogP contribution is 2.51. The first-order valence-electron chi connectivity index (χ1n) is 20.0. The zero-order chi connectivity index (χ0) is 38.2. The first-order chi connectivity index (χ1) is 28.8. The Kier molecular flexibility index (Phi) is 7.37. The van der Waals surface area contributed by atoms with Gasteiger partial charge < -0.3 is 13.7 Å². The lowest BCUT2D eigenvalue weighted by Gasteiger charge is -2.20. The van der Waals surface area contributed by atoms with Crippen LogP contribution in [0.3, 0.4) is 0 Å². The molecule has 8 aromatic rings. The molecule has 4 aliphatic rings. The van der Waals surface area contributed by atoms with Gasteiger partial charge in [-0.2, -0.15) is 0 Å². The molecular weight excluding hydrogens is 711 g/mol. The van der Waals surface area contributed by atoms with Crippen LogP contribution in [-0.4, -0.2) is 16.1 Å². The fourth-order valence-corrected chi connectivity index (χ4v) is 9.23. The number of rotatable bonds is 5. The summed E-state index contributed by atoms with van der Waals surface area (Å²) in [5, 5.41) is 4.54. The molecule has 274 valence electrons. The van der Waals surface area contributed by atoms with Crippen LogP contribution in [-0.2, 0) is 0 Å². The van der Waals surface area contributed by atoms with E-state index in [1.54, 1.807) is 0 Å². The van der Waals surface area contributed by atoms with Gasteiger partial charge in [0.15, 0.2) is 5.84 Å². The van der Waals surface area contributed by atoms with Gasteiger partial charge in [0.05, 0.1) is 33.9 Å². The number of para-hydroxylation sites is 3. The van der Waals surface area contributed by atoms with Crippen molar-refractivity contribution >= 4 is 66.7 Å². The van der Waals surface area contributed by atoms with Crippen LogP contribution >= 0.6 is 0 Å². The van der Waals surface area contributed by atoms with Crippen LogP contribution in [0.5, 0.6) is 5.75 Å². The highest BCUT2D eigenvalue weighted by atomic mass is 16.5. The molecule has 2 atom stereocenters. The molecular formula is C53H35N3O2. The van der Waals surface area contributed by atoms with Gasteiger partial charge in [-0.05, 0) is 66.4 Å². The Balaban J connectivity index is 1.02. The largest absolute Gasteiger partial charge is 0.459 e. The van der Waals surface area contributed by atoms with Crippen LogP contribution in [0.2, 0.25) is 0 Å². The fourth-order valence-electron chi connectivity index (χ4n) is 9.23. The monoisotopic (exact) mass is 745 g/mol. The smallest absolute Gasteiger partial charge is 0.164 e. The van der Waals surface area contributed by atoms with Crippen molar-refractivity contribution in [2.45, 2.75) is 18.8 Å². The standard InChI is InChI=1S/C53H35N3O2/c1-3-14-33(15-4-1)35-28-31-46-42(32-35)36-18-7-9-24-45(36)56(46)47-25-12-22-40-50-39(21-13-27-49(50)58-52(40)47)44-30-29-43(34-16-5-2-6-17-34)54-53(55-44)41-23-11-20-38-37-19-8-10-26-48(37)57-51(38)41/h1-16,18-21,23-29,31-32,34,40H,17,22H2. The van der Waals surface area contributed by atoms with E-state index in [0.717, 1.165) is 91.1 Å². The van der Waals surface area contributed by atoms with E-state index in [4.69, 9.17) is 19.1 Å². The predicted molar refractivity (Wildman–Crippen MR) is 237 cm³/mol. The molecule has 5 nitrogen and oxygen atoms in total. The number of hydrogen-bond acceptors (Lipinski definition) is 4. The summed E-state index contributed by atoms with van der Waals surface area (Å²) in [6, 6.07) is 46.8. The number of allylic oxidation sites excluding steroid dienone is 9. The molecule has 58 heavy (non-hydrogen) atoms. The number of benzene rings is 6. The molecule has 0 fully saturated rings. The first-order valence-corrected chi connectivity index (χ1v) is 20.0. The van der Waals surface area contributed by atoms with E-state index in [1.165, 1.54) is 21.9 Å². The molecule has 5 heteroatoms. The average Bonchev–Trinajstić information content (AvgIpc) is 3.91. The number of aliphatic imine (C=N–C) groups is 2. The van der Waals surface area contributed by atoms with Gasteiger partial charge >= 0.3 is 0 Å². The van der Waals surface area contributed by atoms with E-state index in [1.807, 2.05) is 24.3 Å². The summed E-state index contributed by atoms with van der Waals surface area (Å²) in [5.74, 6) is 2.51. The number of nitrogens with zero attached hydrogens (tertiary/aromatic N) is 3. The minimum Gasteiger partial charge on any atom is -0.459 e. The Bertz CT molecular complexity index is 3300. The summed E-state index contributed by atoms with van der Waals surface area (Å²) in [6.45, 7) is 0. The van der Waals surface area contributed by atoms with Gasteiger partial charge in [0.2, 0.25) is 0 Å². The summed E-state index contributed by atoms with van der Waals surface area (Å²) in [4.78, 5) is 10.7. The van der Waals surface area contributed by atoms with Gasteiger partial charge in [-0.1, -0.05) is 133 Å². The molecule has 0 N–H and O–H groups in total. The maximum Gasteiger partial charge on any atom is 0.164 e. The Labute approximate surface area is 334 Å². The Morgan fingerprint density at radius 2 is 1.45 bits per heavy atom. The third-order valence-electron chi connectivity index (χ3n) is 11.9. The number of furan rings is 1. The minimum absolute atomic E-state index is 0.00665. The summed E-state index contributed by atoms with van der Waals surface area (Å²) in [7, 11) is 0. The van der Waals surface area contributed by atoms with E-state index in [2.05, 4.69) is 162 Å². The van der Waals surface area contributed by atoms with Gasteiger partial charge in [-0.25, -0.2) is 9.98 Å². The van der Waals surface area contributed by atoms with Crippen LogP contribution in [0, 0.1) is 5.92 Å². The number of hydrogen-bond donors (Lipinski definition) is 0. The number of fused-ring (bicyclic) bond motifs is 9. The van der Waals surface area contributed by atoms with Crippen LogP contribution in [0.15, 0.2) is 202 Å². The third kappa shape index (κ3) is 5.11. The highest BCUT2D eigenvalue weighted by molar-refractivity contribution is 6.20. The van der Waals surface area contributed by atoms with Crippen molar-refractivity contribution in [1.29, 1.82) is 0 Å². The van der Waals surface area contributed by atoms with Crippen molar-refractivity contribution in [3.8, 4) is 16.9 Å². The zero-order valence-corrected chi connectivity index (χ0v) is 31.5. The van der Waals surface area contributed by atoms with Crippen molar-refractivity contribution in [2.24, 2.45) is 15.9 Å². The average molecular weight is 746 g/mol. The normalized spacial score (nSPS) is 18.4. The summed E-state index contributed by atoms with van der Waals surface area (Å²) < 4.78 is 15.9. The fraction of sp³-hybridized carbons (Fsp3) is 0.0755. The lowest BCUT2D eigenvalue weighted by Crippen LogP contribution is -2.13. The molecule has 0 spiro atoms. The lowest BCUT2D eigenvalue weighted by atomic mass is 9.87. The molecule has 0 bridgehead atoms. The van der Waals surface area contributed by atoms with Crippen LogP contribution < -0.4 is 4.74 Å². The molecule has 2 aromatic heterocycles. The Morgan fingerprint density at radius 1 is 0.638 bits per heavy atom. The molecule has 12 rings (SSSR count). The van der Waals surface area contributed by atoms with Crippen molar-refractivity contribution in [3.05, 3.63) is 204 Å². The quantitative estimate of drug-likeness (QED) is 0.165. The summed E-state index contributed by atoms with van der Waals surface area (Å²) in [5.41, 5.74) is 15.6. The van der Waals surface area contributed by atoms with E-state index < -0.39 is 0 Å². The van der Waals surface area contributed by atoms with Crippen molar-refractivity contribution in [3.63, 3.8) is 0 Å². The SMILES string of the molecule is C1=CC(C2C=CC=CC2)=NC(c2cccc3c2oc2ccccc23)=NC=1c1cccc2c1C1CC=CC(n3c4ccccc4c4cc(-c5ccccc5)ccc43)=C1O2. The third-order valence-corrected chi connectivity index (χ3v) is 11.9. The predicted octanol–water partition coefficient (Wildman–Crippen LogP) is 13.2. The molecule has 0 saturated carbocycles. The van der Waals surface area contributed by atoms with E-state index in [0.29, 0.717) is 5.84 Å². The van der Waals surface area contributed by atoms with Gasteiger partial charge in [0.1, 0.15) is 28.4 Å².